The average Bonchev–Trinajstić information content (AvgIpc) is 3.30. The Labute approximate surface area is 147 Å². The fourth-order valence-corrected chi connectivity index (χ4v) is 2.65. The number of rotatable bonds is 14. The first-order valence-electron chi connectivity index (χ1n) is 9.71. The molecule has 0 bridgehead atoms. The van der Waals surface area contributed by atoms with Crippen LogP contribution < -0.4 is 10.6 Å². The number of unbranched alkanes of at least 4 members (excludes halogenated alkanes) is 3. The molecular weight excluding hydrogens is 302 g/mol. The van der Waals surface area contributed by atoms with E-state index in [4.69, 9.17) is 0 Å². The highest BCUT2D eigenvalue weighted by Gasteiger charge is 2.44. The second kappa shape index (κ2) is 11.5. The molecule has 0 unspecified atom stereocenters. The van der Waals surface area contributed by atoms with Crippen LogP contribution >= 0.6 is 0 Å². The summed E-state index contributed by atoms with van der Waals surface area (Å²) >= 11 is 0. The zero-order chi connectivity index (χ0) is 17.8. The largest absolute Gasteiger partial charge is 0.356 e. The quantitative estimate of drug-likeness (QED) is 0.478. The van der Waals surface area contributed by atoms with E-state index in [9.17, 15) is 9.59 Å². The van der Waals surface area contributed by atoms with Crippen molar-refractivity contribution < 1.29 is 9.59 Å². The number of nitrogens with zero attached hydrogens (tertiary/aromatic N) is 1. The molecule has 0 saturated heterocycles. The van der Waals surface area contributed by atoms with Crippen molar-refractivity contribution in [2.75, 3.05) is 33.2 Å². The molecule has 24 heavy (non-hydrogen) atoms. The van der Waals surface area contributed by atoms with Crippen LogP contribution in [0.3, 0.4) is 0 Å². The molecule has 1 fully saturated rings. The second-order valence-electron chi connectivity index (χ2n) is 7.49. The molecule has 1 aliphatic carbocycles. The van der Waals surface area contributed by atoms with Gasteiger partial charge in [0.05, 0.1) is 0 Å². The summed E-state index contributed by atoms with van der Waals surface area (Å²) in [5.41, 5.74) is -0.0578. The molecule has 1 rings (SSSR count). The van der Waals surface area contributed by atoms with E-state index in [1.165, 1.54) is 0 Å². The number of amides is 2. The van der Waals surface area contributed by atoms with Gasteiger partial charge in [-0.15, -0.1) is 0 Å². The highest BCUT2D eigenvalue weighted by molar-refractivity contribution is 5.84. The Hall–Kier alpha value is -1.10. The highest BCUT2D eigenvalue weighted by atomic mass is 16.2. The van der Waals surface area contributed by atoms with E-state index in [0.29, 0.717) is 6.42 Å². The van der Waals surface area contributed by atoms with E-state index >= 15 is 0 Å². The van der Waals surface area contributed by atoms with E-state index < -0.39 is 0 Å². The molecule has 0 aliphatic heterocycles. The first-order valence-corrected chi connectivity index (χ1v) is 9.71. The predicted octanol–water partition coefficient (Wildman–Crippen LogP) is 2.70. The summed E-state index contributed by atoms with van der Waals surface area (Å²) in [6, 6.07) is 0. The zero-order valence-electron chi connectivity index (χ0n) is 16.0. The Morgan fingerprint density at radius 2 is 1.62 bits per heavy atom. The maximum Gasteiger partial charge on any atom is 0.225 e. The van der Waals surface area contributed by atoms with Crippen LogP contribution in [0.5, 0.6) is 0 Å². The average molecular weight is 340 g/mol. The Balaban J connectivity index is 1.88. The summed E-state index contributed by atoms with van der Waals surface area (Å²) in [5, 5.41) is 6.03. The molecule has 2 N–H and O–H groups in total. The van der Waals surface area contributed by atoms with Gasteiger partial charge >= 0.3 is 0 Å². The molecule has 5 heteroatoms. The van der Waals surface area contributed by atoms with Gasteiger partial charge in [0.2, 0.25) is 11.8 Å². The van der Waals surface area contributed by atoms with Gasteiger partial charge in [0.1, 0.15) is 0 Å². The van der Waals surface area contributed by atoms with Crippen molar-refractivity contribution >= 4 is 11.8 Å². The molecule has 1 aliphatic rings. The molecule has 2 amide bonds. The molecule has 0 aromatic carbocycles. The lowest BCUT2D eigenvalue weighted by Crippen LogP contribution is -2.31. The molecule has 1 saturated carbocycles. The van der Waals surface area contributed by atoms with Gasteiger partial charge in [-0.05, 0) is 58.7 Å². The van der Waals surface area contributed by atoms with Crippen LogP contribution in [-0.2, 0) is 9.59 Å². The third-order valence-corrected chi connectivity index (χ3v) is 4.85. The summed E-state index contributed by atoms with van der Waals surface area (Å²) in [6.45, 7) is 7.78. The van der Waals surface area contributed by atoms with Crippen molar-refractivity contribution in [3.63, 3.8) is 0 Å². The SMILES string of the molecule is CCCCCC(=O)NCCCN(C)CCCCNC(=O)C1(C)CC1. The van der Waals surface area contributed by atoms with Crippen LogP contribution in [0.2, 0.25) is 0 Å². The third-order valence-electron chi connectivity index (χ3n) is 4.85. The van der Waals surface area contributed by atoms with Crippen molar-refractivity contribution in [1.29, 1.82) is 0 Å². The van der Waals surface area contributed by atoms with Gasteiger partial charge in [-0.2, -0.15) is 0 Å². The zero-order valence-corrected chi connectivity index (χ0v) is 16.0. The monoisotopic (exact) mass is 339 g/mol. The van der Waals surface area contributed by atoms with Gasteiger partial charge in [0, 0.05) is 24.9 Å². The van der Waals surface area contributed by atoms with Crippen molar-refractivity contribution in [3.05, 3.63) is 0 Å². The fraction of sp³-hybridized carbons (Fsp3) is 0.895. The van der Waals surface area contributed by atoms with Gasteiger partial charge in [-0.1, -0.05) is 26.7 Å². The number of hydrogen-bond donors (Lipinski definition) is 2. The lowest BCUT2D eigenvalue weighted by Gasteiger charge is -2.17. The van der Waals surface area contributed by atoms with Crippen molar-refractivity contribution in [2.24, 2.45) is 5.41 Å². The Bertz CT molecular complexity index is 381. The van der Waals surface area contributed by atoms with E-state index in [1.54, 1.807) is 0 Å². The van der Waals surface area contributed by atoms with E-state index in [1.807, 2.05) is 6.92 Å². The van der Waals surface area contributed by atoms with Gasteiger partial charge < -0.3 is 15.5 Å². The summed E-state index contributed by atoms with van der Waals surface area (Å²) < 4.78 is 0. The Morgan fingerprint density at radius 1 is 0.958 bits per heavy atom. The molecule has 0 aromatic rings. The van der Waals surface area contributed by atoms with Crippen molar-refractivity contribution in [2.45, 2.75) is 71.6 Å². The number of carbonyl (C=O) groups is 2. The van der Waals surface area contributed by atoms with E-state index in [-0.39, 0.29) is 17.2 Å². The summed E-state index contributed by atoms with van der Waals surface area (Å²) in [5.74, 6) is 0.414. The molecule has 5 nitrogen and oxygen atoms in total. The minimum atomic E-state index is -0.0578. The van der Waals surface area contributed by atoms with Gasteiger partial charge in [0.25, 0.3) is 0 Å². The van der Waals surface area contributed by atoms with Crippen LogP contribution in [0.1, 0.15) is 71.6 Å². The maximum absolute atomic E-state index is 11.8. The van der Waals surface area contributed by atoms with Crippen molar-refractivity contribution in [3.8, 4) is 0 Å². The topological polar surface area (TPSA) is 61.4 Å². The van der Waals surface area contributed by atoms with Crippen molar-refractivity contribution in [1.82, 2.24) is 15.5 Å². The molecule has 0 spiro atoms. The first-order chi connectivity index (χ1) is 11.5. The summed E-state index contributed by atoms with van der Waals surface area (Å²) in [6.07, 6.45) is 9.14. The Kier molecular flexibility index (Phi) is 9.99. The lowest BCUT2D eigenvalue weighted by molar-refractivity contribution is -0.125. The van der Waals surface area contributed by atoms with E-state index in [2.05, 4.69) is 29.5 Å². The molecule has 140 valence electrons. The van der Waals surface area contributed by atoms with Crippen LogP contribution in [0.4, 0.5) is 0 Å². The molecule has 0 heterocycles. The maximum atomic E-state index is 11.8. The first kappa shape index (κ1) is 20.9. The van der Waals surface area contributed by atoms with Crippen LogP contribution in [-0.4, -0.2) is 49.9 Å². The molecular formula is C19H37N3O2. The van der Waals surface area contributed by atoms with Crippen LogP contribution in [0.25, 0.3) is 0 Å². The standard InChI is InChI=1S/C19H37N3O2/c1-4-5-6-10-17(23)20-14-9-16-22(3)15-8-7-13-21-18(24)19(2)11-12-19/h4-16H2,1-3H3,(H,20,23)(H,21,24). The number of hydrogen-bond acceptors (Lipinski definition) is 3. The second-order valence-corrected chi connectivity index (χ2v) is 7.49. The van der Waals surface area contributed by atoms with Crippen LogP contribution in [0, 0.1) is 5.41 Å². The number of carbonyl (C=O) groups excluding carboxylic acids is 2. The summed E-state index contributed by atoms with van der Waals surface area (Å²) in [4.78, 5) is 25.7. The third kappa shape index (κ3) is 9.26. The fourth-order valence-electron chi connectivity index (χ4n) is 2.65. The normalized spacial score (nSPS) is 15.3. The predicted molar refractivity (Wildman–Crippen MR) is 98.9 cm³/mol. The summed E-state index contributed by atoms with van der Waals surface area (Å²) in [7, 11) is 2.12. The van der Waals surface area contributed by atoms with E-state index in [0.717, 1.165) is 77.5 Å². The van der Waals surface area contributed by atoms with Gasteiger partial charge in [0.15, 0.2) is 0 Å². The minimum Gasteiger partial charge on any atom is -0.356 e. The highest BCUT2D eigenvalue weighted by Crippen LogP contribution is 2.44. The van der Waals surface area contributed by atoms with Gasteiger partial charge in [-0.3, -0.25) is 9.59 Å². The molecule has 0 aromatic heterocycles. The molecule has 0 radical (unpaired) electrons. The smallest absolute Gasteiger partial charge is 0.225 e. The molecule has 0 atom stereocenters. The lowest BCUT2D eigenvalue weighted by atomic mass is 10.1. The Morgan fingerprint density at radius 3 is 2.29 bits per heavy atom. The van der Waals surface area contributed by atoms with Crippen LogP contribution in [0.15, 0.2) is 0 Å². The minimum absolute atomic E-state index is 0.0578. The number of nitrogens with one attached hydrogen (secondary N) is 2. The van der Waals surface area contributed by atoms with Gasteiger partial charge in [-0.25, -0.2) is 0 Å².